The maximum atomic E-state index is 13.9. The summed E-state index contributed by atoms with van der Waals surface area (Å²) in [7, 11) is -3.83. The smallest absolute Gasteiger partial charge is 0.404 e. The van der Waals surface area contributed by atoms with E-state index in [0.717, 1.165) is 22.3 Å². The molecule has 1 aliphatic rings. The molecule has 0 unspecified atom stereocenters. The molecule has 15 heteroatoms. The largest absolute Gasteiger partial charge is 0.465 e. The standard InChI is InChI=1S/C40H43N7O7S/c1-25-10-19-33(55(53,54)42-24-26-6-3-2-4-7-26)22-34(25)31-9-5-8-28(20-31)21-35(44-37(48)30-13-11-27(12-14-30)23-41-40(51)52)38(49)43-32-17-15-29(16-18-32)36-45-39(50)47-46-36/h2-10,15-20,22,27,30,35,41-42H,11-14,21,23-24H2,1H3,(H,43,49)(H,44,48)(H,51,52)(H2,45,46,47,50)/t27?,30?,35-/m0/s1. The number of hydrogen-bond donors (Lipinski definition) is 7. The van der Waals surface area contributed by atoms with E-state index in [1.807, 2.05) is 61.5 Å². The van der Waals surface area contributed by atoms with E-state index in [2.05, 4.69) is 35.9 Å². The third-order valence-electron chi connectivity index (χ3n) is 9.83. The van der Waals surface area contributed by atoms with E-state index >= 15 is 0 Å². The first-order valence-electron chi connectivity index (χ1n) is 18.0. The number of carboxylic acid groups (broad SMARTS) is 1. The van der Waals surface area contributed by atoms with Crippen LogP contribution in [0.5, 0.6) is 0 Å². The normalized spacial score (nSPS) is 16.2. The molecule has 0 radical (unpaired) electrons. The van der Waals surface area contributed by atoms with Gasteiger partial charge in [-0.1, -0.05) is 60.7 Å². The number of hydrogen-bond acceptors (Lipinski definition) is 7. The lowest BCUT2D eigenvalue weighted by molar-refractivity contribution is -0.130. The van der Waals surface area contributed by atoms with Gasteiger partial charge in [0.05, 0.1) is 4.90 Å². The first-order valence-corrected chi connectivity index (χ1v) is 19.5. The number of nitrogens with one attached hydrogen (secondary N) is 6. The molecular formula is C40H43N7O7S. The van der Waals surface area contributed by atoms with Crippen molar-refractivity contribution in [2.45, 2.75) is 56.5 Å². The van der Waals surface area contributed by atoms with E-state index in [9.17, 15) is 27.6 Å². The second kappa shape index (κ2) is 17.4. The summed E-state index contributed by atoms with van der Waals surface area (Å²) < 4.78 is 29.3. The number of sulfonamides is 1. The van der Waals surface area contributed by atoms with Gasteiger partial charge in [0.1, 0.15) is 6.04 Å². The SMILES string of the molecule is Cc1ccc(S(=O)(=O)NCc2ccccc2)cc1-c1cccc(C[C@H](NC(=O)C2CCC(CNC(=O)O)CC2)C(=O)Nc2ccc(-c3n[nH]c(=O)[nH]3)cc2)c1. The Morgan fingerprint density at radius 3 is 2.29 bits per heavy atom. The molecule has 3 amide bonds. The zero-order chi connectivity index (χ0) is 39.0. The van der Waals surface area contributed by atoms with Crippen LogP contribution in [0, 0.1) is 18.8 Å². The Labute approximate surface area is 318 Å². The van der Waals surface area contributed by atoms with Gasteiger partial charge in [-0.2, -0.15) is 5.10 Å². The topological polar surface area (TPSA) is 215 Å². The molecule has 1 atom stereocenters. The maximum absolute atomic E-state index is 13.9. The van der Waals surface area contributed by atoms with Gasteiger partial charge in [0.2, 0.25) is 21.8 Å². The lowest BCUT2D eigenvalue weighted by Crippen LogP contribution is -2.48. The third-order valence-corrected chi connectivity index (χ3v) is 11.2. The molecule has 1 heterocycles. The van der Waals surface area contributed by atoms with Crippen LogP contribution in [0.25, 0.3) is 22.5 Å². The van der Waals surface area contributed by atoms with Crippen molar-refractivity contribution < 1.29 is 27.9 Å². The van der Waals surface area contributed by atoms with Crippen molar-refractivity contribution in [1.82, 2.24) is 30.5 Å². The average molecular weight is 766 g/mol. The highest BCUT2D eigenvalue weighted by atomic mass is 32.2. The van der Waals surface area contributed by atoms with Gasteiger partial charge in [0, 0.05) is 36.7 Å². The molecule has 6 rings (SSSR count). The second-order valence-electron chi connectivity index (χ2n) is 13.7. The summed E-state index contributed by atoms with van der Waals surface area (Å²) in [5.41, 5.74) is 4.56. The van der Waals surface area contributed by atoms with E-state index in [1.54, 1.807) is 42.5 Å². The lowest BCUT2D eigenvalue weighted by atomic mass is 9.81. The molecule has 55 heavy (non-hydrogen) atoms. The Morgan fingerprint density at radius 2 is 1.60 bits per heavy atom. The van der Waals surface area contributed by atoms with Gasteiger partial charge in [-0.15, -0.1) is 0 Å². The highest BCUT2D eigenvalue weighted by Crippen LogP contribution is 2.30. The number of anilines is 1. The van der Waals surface area contributed by atoms with Gasteiger partial charge >= 0.3 is 11.8 Å². The number of carbonyl (C=O) groups excluding carboxylic acids is 2. The summed E-state index contributed by atoms with van der Waals surface area (Å²) in [5, 5.41) is 23.5. The van der Waals surface area contributed by atoms with Crippen LogP contribution in [0.2, 0.25) is 0 Å². The Bertz CT molecular complexity index is 2300. The summed E-state index contributed by atoms with van der Waals surface area (Å²) >= 11 is 0. The lowest BCUT2D eigenvalue weighted by Gasteiger charge is -2.29. The van der Waals surface area contributed by atoms with Gasteiger partial charge in [-0.3, -0.25) is 14.6 Å². The minimum Gasteiger partial charge on any atom is -0.465 e. The summed E-state index contributed by atoms with van der Waals surface area (Å²) in [6.07, 6.45) is 1.56. The fourth-order valence-corrected chi connectivity index (χ4v) is 7.79. The zero-order valence-electron chi connectivity index (χ0n) is 30.2. The Balaban J connectivity index is 1.20. The number of aromatic amines is 2. The Kier molecular flexibility index (Phi) is 12.2. The van der Waals surface area contributed by atoms with E-state index in [1.165, 1.54) is 0 Å². The number of aryl methyl sites for hydroxylation is 1. The molecule has 5 aromatic rings. The van der Waals surface area contributed by atoms with Gasteiger partial charge in [-0.25, -0.2) is 27.8 Å². The van der Waals surface area contributed by atoms with Crippen LogP contribution in [0.3, 0.4) is 0 Å². The summed E-state index contributed by atoms with van der Waals surface area (Å²) in [4.78, 5) is 52.7. The van der Waals surface area contributed by atoms with Crippen molar-refractivity contribution in [3.63, 3.8) is 0 Å². The number of benzene rings is 4. The van der Waals surface area contributed by atoms with Crippen LogP contribution in [-0.2, 0) is 32.6 Å². The van der Waals surface area contributed by atoms with Gasteiger partial charge in [-0.05, 0) is 103 Å². The van der Waals surface area contributed by atoms with E-state index in [4.69, 9.17) is 5.11 Å². The molecule has 0 bridgehead atoms. The van der Waals surface area contributed by atoms with Gasteiger partial charge in [0.15, 0.2) is 5.82 Å². The van der Waals surface area contributed by atoms with Crippen molar-refractivity contribution in [3.05, 3.63) is 124 Å². The van der Waals surface area contributed by atoms with E-state index in [0.29, 0.717) is 54.9 Å². The molecule has 0 aliphatic heterocycles. The molecule has 14 nitrogen and oxygen atoms in total. The quantitative estimate of drug-likeness (QED) is 0.0819. The third kappa shape index (κ3) is 10.3. The van der Waals surface area contributed by atoms with Crippen molar-refractivity contribution in [2.24, 2.45) is 11.8 Å². The van der Waals surface area contributed by atoms with Crippen molar-refractivity contribution in [3.8, 4) is 22.5 Å². The van der Waals surface area contributed by atoms with Crippen LogP contribution in [0.4, 0.5) is 10.5 Å². The van der Waals surface area contributed by atoms with Crippen LogP contribution in [0.1, 0.15) is 42.4 Å². The average Bonchev–Trinajstić information content (AvgIpc) is 3.63. The number of nitrogens with zero attached hydrogens (tertiary/aromatic N) is 1. The first-order chi connectivity index (χ1) is 26.4. The molecular weight excluding hydrogens is 723 g/mol. The number of rotatable bonds is 14. The number of amides is 3. The molecule has 1 fully saturated rings. The number of aromatic nitrogens is 3. The summed E-state index contributed by atoms with van der Waals surface area (Å²) in [6.45, 7) is 2.38. The summed E-state index contributed by atoms with van der Waals surface area (Å²) in [5.74, 6) is -0.534. The molecule has 1 saturated carbocycles. The zero-order valence-corrected chi connectivity index (χ0v) is 31.0. The van der Waals surface area contributed by atoms with Crippen LogP contribution in [-0.4, -0.2) is 59.2 Å². The molecule has 4 aromatic carbocycles. The molecule has 286 valence electrons. The highest BCUT2D eigenvalue weighted by molar-refractivity contribution is 7.89. The maximum Gasteiger partial charge on any atom is 0.404 e. The van der Waals surface area contributed by atoms with Gasteiger partial charge < -0.3 is 21.1 Å². The highest BCUT2D eigenvalue weighted by Gasteiger charge is 2.30. The minimum absolute atomic E-state index is 0.122. The number of H-pyrrole nitrogens is 2. The van der Waals surface area contributed by atoms with Crippen molar-refractivity contribution in [1.29, 1.82) is 0 Å². The van der Waals surface area contributed by atoms with Crippen LogP contribution < -0.4 is 26.4 Å². The predicted octanol–water partition coefficient (Wildman–Crippen LogP) is 4.96. The predicted molar refractivity (Wildman–Crippen MR) is 207 cm³/mol. The van der Waals surface area contributed by atoms with E-state index in [-0.39, 0.29) is 35.6 Å². The van der Waals surface area contributed by atoms with Crippen molar-refractivity contribution in [2.75, 3.05) is 11.9 Å². The first kappa shape index (κ1) is 38.7. The molecule has 1 aromatic heterocycles. The van der Waals surface area contributed by atoms with Crippen molar-refractivity contribution >= 4 is 33.6 Å². The van der Waals surface area contributed by atoms with E-state index < -0.39 is 33.8 Å². The monoisotopic (exact) mass is 765 g/mol. The molecule has 7 N–H and O–H groups in total. The van der Waals surface area contributed by atoms with Gasteiger partial charge in [0.25, 0.3) is 0 Å². The molecule has 0 saturated heterocycles. The van der Waals surface area contributed by atoms with Crippen LogP contribution >= 0.6 is 0 Å². The fourth-order valence-electron chi connectivity index (χ4n) is 6.75. The Hall–Kier alpha value is -6.06. The van der Waals surface area contributed by atoms with Crippen LogP contribution in [0.15, 0.2) is 107 Å². The number of carbonyl (C=O) groups is 3. The minimum atomic E-state index is -3.83. The second-order valence-corrected chi connectivity index (χ2v) is 15.5. The fraction of sp³-hybridized carbons (Fsp3) is 0.275. The molecule has 1 aliphatic carbocycles. The summed E-state index contributed by atoms with van der Waals surface area (Å²) in [6, 6.07) is 27.5. The molecule has 0 spiro atoms. The Morgan fingerprint density at radius 1 is 0.873 bits per heavy atom.